The second kappa shape index (κ2) is 5.32. The van der Waals surface area contributed by atoms with Gasteiger partial charge in [0, 0.05) is 0 Å². The number of hydrogen-bond acceptors (Lipinski definition) is 2. The van der Waals surface area contributed by atoms with Crippen LogP contribution >= 0.6 is 23.2 Å². The Morgan fingerprint density at radius 2 is 2.08 bits per heavy atom. The summed E-state index contributed by atoms with van der Waals surface area (Å²) in [4.78, 5) is 0. The molecule has 2 nitrogen and oxygen atoms in total. The first-order valence-electron chi connectivity index (χ1n) is 3.85. The van der Waals surface area contributed by atoms with Crippen LogP contribution in [0.2, 0.25) is 5.02 Å². The van der Waals surface area contributed by atoms with Gasteiger partial charge in [0.25, 0.3) is 0 Å². The summed E-state index contributed by atoms with van der Waals surface area (Å²) in [6, 6.07) is 7.09. The van der Waals surface area contributed by atoms with E-state index < -0.39 is 6.10 Å². The van der Waals surface area contributed by atoms with E-state index in [1.54, 1.807) is 12.1 Å². The normalized spacial score (nSPS) is 12.5. The molecule has 0 bridgehead atoms. The van der Waals surface area contributed by atoms with Crippen LogP contribution in [0.25, 0.3) is 0 Å². The number of hydrogen-bond donors (Lipinski definition) is 1. The van der Waals surface area contributed by atoms with Crippen molar-refractivity contribution in [3.8, 4) is 5.75 Å². The van der Waals surface area contributed by atoms with E-state index in [1.165, 1.54) is 0 Å². The highest BCUT2D eigenvalue weighted by Gasteiger charge is 2.04. The topological polar surface area (TPSA) is 29.5 Å². The van der Waals surface area contributed by atoms with Gasteiger partial charge in [-0.15, -0.1) is 11.6 Å². The van der Waals surface area contributed by atoms with Gasteiger partial charge < -0.3 is 9.84 Å². The summed E-state index contributed by atoms with van der Waals surface area (Å²) in [5, 5.41) is 9.64. The molecule has 0 radical (unpaired) electrons. The Balaban J connectivity index is 2.50. The lowest BCUT2D eigenvalue weighted by Crippen LogP contribution is -2.18. The molecule has 0 aliphatic heterocycles. The predicted octanol–water partition coefficient (Wildman–Crippen LogP) is 2.32. The van der Waals surface area contributed by atoms with Gasteiger partial charge in [0.05, 0.1) is 10.9 Å². The van der Waals surface area contributed by atoms with E-state index >= 15 is 0 Å². The number of para-hydroxylation sites is 1. The molecule has 0 spiro atoms. The van der Waals surface area contributed by atoms with Crippen LogP contribution in [0.1, 0.15) is 0 Å². The van der Waals surface area contributed by atoms with Gasteiger partial charge in [0.1, 0.15) is 18.5 Å². The Hall–Kier alpha value is -0.440. The lowest BCUT2D eigenvalue weighted by atomic mass is 10.3. The molecule has 1 aromatic rings. The van der Waals surface area contributed by atoms with Gasteiger partial charge >= 0.3 is 0 Å². The maximum absolute atomic E-state index is 9.11. The standard InChI is InChI=1S/C9H10Cl2O2/c10-5-7(12)6-13-9-4-2-1-3-8(9)11/h1-4,7,12H,5-6H2. The van der Waals surface area contributed by atoms with Crippen molar-refractivity contribution in [2.45, 2.75) is 6.10 Å². The molecule has 0 aliphatic rings. The van der Waals surface area contributed by atoms with E-state index in [9.17, 15) is 0 Å². The fraction of sp³-hybridized carbons (Fsp3) is 0.333. The van der Waals surface area contributed by atoms with E-state index in [1.807, 2.05) is 12.1 Å². The smallest absolute Gasteiger partial charge is 0.138 e. The van der Waals surface area contributed by atoms with E-state index in [-0.39, 0.29) is 12.5 Å². The minimum absolute atomic E-state index is 0.157. The largest absolute Gasteiger partial charge is 0.489 e. The fourth-order valence-corrected chi connectivity index (χ4v) is 1.07. The number of aliphatic hydroxyl groups excluding tert-OH is 1. The second-order valence-electron chi connectivity index (χ2n) is 2.55. The number of ether oxygens (including phenoxy) is 1. The Kier molecular flexibility index (Phi) is 4.36. The first-order chi connectivity index (χ1) is 6.24. The molecular formula is C9H10Cl2O2. The molecule has 4 heteroatoms. The van der Waals surface area contributed by atoms with Crippen molar-refractivity contribution in [1.82, 2.24) is 0 Å². The van der Waals surface area contributed by atoms with Gasteiger partial charge in [-0.3, -0.25) is 0 Å². The van der Waals surface area contributed by atoms with E-state index in [0.717, 1.165) is 0 Å². The third kappa shape index (κ3) is 3.43. The fourth-order valence-electron chi connectivity index (χ4n) is 0.792. The van der Waals surface area contributed by atoms with E-state index in [2.05, 4.69) is 0 Å². The van der Waals surface area contributed by atoms with Crippen molar-refractivity contribution < 1.29 is 9.84 Å². The van der Waals surface area contributed by atoms with Gasteiger partial charge in [0.2, 0.25) is 0 Å². The highest BCUT2D eigenvalue weighted by atomic mass is 35.5. The number of alkyl halides is 1. The first-order valence-corrected chi connectivity index (χ1v) is 4.76. The van der Waals surface area contributed by atoms with Crippen molar-refractivity contribution in [1.29, 1.82) is 0 Å². The molecule has 0 saturated carbocycles. The van der Waals surface area contributed by atoms with Crippen molar-refractivity contribution in [2.24, 2.45) is 0 Å². The summed E-state index contributed by atoms with van der Waals surface area (Å²) in [7, 11) is 0. The number of rotatable bonds is 4. The zero-order chi connectivity index (χ0) is 9.68. The Morgan fingerprint density at radius 3 is 2.69 bits per heavy atom. The third-order valence-corrected chi connectivity index (χ3v) is 2.11. The quantitative estimate of drug-likeness (QED) is 0.790. The Morgan fingerprint density at radius 1 is 1.38 bits per heavy atom. The molecule has 0 fully saturated rings. The lowest BCUT2D eigenvalue weighted by Gasteiger charge is -2.10. The second-order valence-corrected chi connectivity index (χ2v) is 3.27. The Labute approximate surface area is 87.0 Å². The summed E-state index contributed by atoms with van der Waals surface area (Å²) < 4.78 is 5.22. The molecule has 72 valence electrons. The van der Waals surface area contributed by atoms with Crippen LogP contribution < -0.4 is 4.74 Å². The zero-order valence-electron chi connectivity index (χ0n) is 6.91. The van der Waals surface area contributed by atoms with Crippen LogP contribution in [0.4, 0.5) is 0 Å². The van der Waals surface area contributed by atoms with Gasteiger partial charge in [-0.1, -0.05) is 23.7 Å². The molecule has 0 heterocycles. The molecule has 0 saturated heterocycles. The van der Waals surface area contributed by atoms with Crippen molar-refractivity contribution in [3.05, 3.63) is 29.3 Å². The van der Waals surface area contributed by atoms with Crippen LogP contribution in [0, 0.1) is 0 Å². The van der Waals surface area contributed by atoms with Crippen LogP contribution in [-0.4, -0.2) is 23.7 Å². The minimum Gasteiger partial charge on any atom is -0.489 e. The summed E-state index contributed by atoms with van der Waals surface area (Å²) in [6.07, 6.45) is -0.655. The molecule has 1 aromatic carbocycles. The highest BCUT2D eigenvalue weighted by Crippen LogP contribution is 2.23. The van der Waals surface area contributed by atoms with Gasteiger partial charge in [-0.2, -0.15) is 0 Å². The molecule has 13 heavy (non-hydrogen) atoms. The highest BCUT2D eigenvalue weighted by molar-refractivity contribution is 6.32. The summed E-state index contributed by atoms with van der Waals surface area (Å²) >= 11 is 11.2. The van der Waals surface area contributed by atoms with Crippen LogP contribution in [0.3, 0.4) is 0 Å². The van der Waals surface area contributed by atoms with E-state index in [0.29, 0.717) is 10.8 Å². The summed E-state index contributed by atoms with van der Waals surface area (Å²) in [6.45, 7) is 0.160. The molecule has 0 aromatic heterocycles. The van der Waals surface area contributed by atoms with Crippen molar-refractivity contribution in [3.63, 3.8) is 0 Å². The Bertz CT molecular complexity index is 266. The maximum atomic E-state index is 9.11. The van der Waals surface area contributed by atoms with Crippen LogP contribution in [0.5, 0.6) is 5.75 Å². The van der Waals surface area contributed by atoms with Crippen LogP contribution in [-0.2, 0) is 0 Å². The number of halogens is 2. The number of benzene rings is 1. The average molecular weight is 221 g/mol. The predicted molar refractivity (Wildman–Crippen MR) is 53.7 cm³/mol. The van der Waals surface area contributed by atoms with E-state index in [4.69, 9.17) is 33.0 Å². The van der Waals surface area contributed by atoms with Gasteiger partial charge in [-0.25, -0.2) is 0 Å². The van der Waals surface area contributed by atoms with Gasteiger partial charge in [0.15, 0.2) is 0 Å². The zero-order valence-corrected chi connectivity index (χ0v) is 8.42. The lowest BCUT2D eigenvalue weighted by molar-refractivity contribution is 0.125. The summed E-state index contributed by atoms with van der Waals surface area (Å²) in [5.74, 6) is 0.720. The molecule has 0 amide bonds. The van der Waals surface area contributed by atoms with Crippen molar-refractivity contribution in [2.75, 3.05) is 12.5 Å². The molecule has 1 atom stereocenters. The molecular weight excluding hydrogens is 211 g/mol. The third-order valence-electron chi connectivity index (χ3n) is 1.45. The van der Waals surface area contributed by atoms with Crippen LogP contribution in [0.15, 0.2) is 24.3 Å². The monoisotopic (exact) mass is 220 g/mol. The summed E-state index contributed by atoms with van der Waals surface area (Å²) in [5.41, 5.74) is 0. The number of aliphatic hydroxyl groups is 1. The molecule has 1 N–H and O–H groups in total. The van der Waals surface area contributed by atoms with Crippen molar-refractivity contribution >= 4 is 23.2 Å². The molecule has 1 unspecified atom stereocenters. The average Bonchev–Trinajstić information content (AvgIpc) is 2.16. The first kappa shape index (κ1) is 10.6. The van der Waals surface area contributed by atoms with Gasteiger partial charge in [-0.05, 0) is 12.1 Å². The molecule has 0 aliphatic carbocycles. The maximum Gasteiger partial charge on any atom is 0.138 e. The molecule has 1 rings (SSSR count). The SMILES string of the molecule is OC(CCl)COc1ccccc1Cl. The minimum atomic E-state index is -0.655.